The molecular weight excluding hydrogens is 172 g/mol. The van der Waals surface area contributed by atoms with E-state index in [1.54, 1.807) is 6.92 Å². The zero-order valence-electron chi connectivity index (χ0n) is 8.33. The summed E-state index contributed by atoms with van der Waals surface area (Å²) < 4.78 is 5.11. The largest absolute Gasteiger partial charge is 0.439 e. The minimum atomic E-state index is -0.660. The van der Waals surface area contributed by atoms with Crippen LogP contribution in [-0.4, -0.2) is 23.2 Å². The lowest BCUT2D eigenvalue weighted by atomic mass is 9.78. The van der Waals surface area contributed by atoms with Crippen molar-refractivity contribution in [1.82, 2.24) is 5.01 Å². The molecule has 1 unspecified atom stereocenters. The summed E-state index contributed by atoms with van der Waals surface area (Å²) in [5.41, 5.74) is -0.847. The van der Waals surface area contributed by atoms with Gasteiger partial charge in [0, 0.05) is 5.41 Å². The number of amides is 1. The summed E-state index contributed by atoms with van der Waals surface area (Å²) in [6.07, 6.45) is -0.660. The number of cyclic esters (lactones) is 1. The highest BCUT2D eigenvalue weighted by molar-refractivity contribution is 5.70. The molecule has 1 fully saturated rings. The van der Waals surface area contributed by atoms with E-state index in [4.69, 9.17) is 4.74 Å². The van der Waals surface area contributed by atoms with Crippen LogP contribution < -0.4 is 0 Å². The van der Waals surface area contributed by atoms with Gasteiger partial charge in [0.05, 0.1) is 11.8 Å². The molecule has 0 spiro atoms. The van der Waals surface area contributed by atoms with Crippen molar-refractivity contribution < 1.29 is 9.53 Å². The maximum Gasteiger partial charge on any atom is 0.433 e. The maximum atomic E-state index is 11.1. The average Bonchev–Trinajstić information content (AvgIpc) is 2.26. The van der Waals surface area contributed by atoms with Crippen molar-refractivity contribution in [2.75, 3.05) is 6.54 Å². The Hall–Kier alpha value is -1.13. The maximum absolute atomic E-state index is 11.1. The normalized spacial score (nSPS) is 28.9. The molecule has 1 heterocycles. The lowest BCUT2D eigenvalue weighted by Crippen LogP contribution is -2.43. The minimum absolute atomic E-state index is 0.206. The highest BCUT2D eigenvalue weighted by Gasteiger charge is 2.50. The highest BCUT2D eigenvalue weighted by atomic mass is 16.6. The number of hydrogen-bond acceptors (Lipinski definition) is 4. The first kappa shape index (κ1) is 9.95. The van der Waals surface area contributed by atoms with Gasteiger partial charge in [-0.05, 0) is 6.92 Å². The van der Waals surface area contributed by atoms with Crippen molar-refractivity contribution in [3.8, 4) is 0 Å². The van der Waals surface area contributed by atoms with E-state index >= 15 is 0 Å². The summed E-state index contributed by atoms with van der Waals surface area (Å²) in [5.74, 6) is 0. The van der Waals surface area contributed by atoms with Gasteiger partial charge in [-0.3, -0.25) is 0 Å². The van der Waals surface area contributed by atoms with E-state index in [0.717, 1.165) is 5.01 Å². The van der Waals surface area contributed by atoms with Crippen LogP contribution in [0.25, 0.3) is 0 Å². The summed E-state index contributed by atoms with van der Waals surface area (Å²) in [6, 6.07) is 0. The summed E-state index contributed by atoms with van der Waals surface area (Å²) in [6.45, 7) is 7.88. The van der Waals surface area contributed by atoms with Gasteiger partial charge >= 0.3 is 6.09 Å². The molecule has 1 atom stereocenters. The fourth-order valence-electron chi connectivity index (χ4n) is 1.08. The number of nitroso groups, excluding NO2 is 1. The number of carbonyl (C=O) groups excluding carboxylic acids is 1. The lowest BCUT2D eigenvalue weighted by molar-refractivity contribution is -0.0157. The van der Waals surface area contributed by atoms with Crippen molar-refractivity contribution in [1.29, 1.82) is 0 Å². The fourth-order valence-corrected chi connectivity index (χ4v) is 1.08. The quantitative estimate of drug-likeness (QED) is 0.588. The van der Waals surface area contributed by atoms with E-state index in [1.165, 1.54) is 0 Å². The van der Waals surface area contributed by atoms with Gasteiger partial charge in [-0.1, -0.05) is 20.8 Å². The van der Waals surface area contributed by atoms with E-state index in [-0.39, 0.29) is 12.0 Å². The van der Waals surface area contributed by atoms with Gasteiger partial charge in [0.15, 0.2) is 0 Å². The molecule has 5 heteroatoms. The van der Waals surface area contributed by atoms with Gasteiger partial charge in [-0.25, -0.2) is 4.79 Å². The van der Waals surface area contributed by atoms with Gasteiger partial charge in [0.2, 0.25) is 0 Å². The molecule has 74 valence electrons. The zero-order chi connectivity index (χ0) is 10.3. The average molecular weight is 186 g/mol. The topological polar surface area (TPSA) is 59.0 Å². The number of nitrogens with zero attached hydrogens (tertiary/aromatic N) is 2. The highest BCUT2D eigenvalue weighted by Crippen LogP contribution is 2.38. The Kier molecular flexibility index (Phi) is 2.05. The lowest BCUT2D eigenvalue weighted by Gasteiger charge is -2.35. The van der Waals surface area contributed by atoms with Gasteiger partial charge in [0.25, 0.3) is 0 Å². The van der Waals surface area contributed by atoms with E-state index < -0.39 is 11.7 Å². The Morgan fingerprint density at radius 2 is 2.08 bits per heavy atom. The monoisotopic (exact) mass is 186 g/mol. The molecule has 0 N–H and O–H groups in total. The second-order valence-electron chi connectivity index (χ2n) is 4.49. The van der Waals surface area contributed by atoms with Crippen LogP contribution in [0.3, 0.4) is 0 Å². The van der Waals surface area contributed by atoms with Crippen molar-refractivity contribution in [2.24, 2.45) is 10.7 Å². The van der Waals surface area contributed by atoms with Crippen LogP contribution in [0, 0.1) is 10.3 Å². The molecular formula is C8H14N2O3. The van der Waals surface area contributed by atoms with Gasteiger partial charge in [-0.15, -0.1) is 4.91 Å². The number of carbonyl (C=O) groups is 1. The molecule has 13 heavy (non-hydrogen) atoms. The van der Waals surface area contributed by atoms with Crippen LogP contribution in [0.5, 0.6) is 0 Å². The van der Waals surface area contributed by atoms with Crippen LogP contribution in [0.2, 0.25) is 0 Å². The molecule has 0 aromatic rings. The first-order chi connectivity index (χ1) is 5.80. The number of rotatable bonds is 1. The van der Waals surface area contributed by atoms with E-state index in [2.05, 4.69) is 5.29 Å². The molecule has 0 aromatic carbocycles. The summed E-state index contributed by atoms with van der Waals surface area (Å²) in [4.78, 5) is 21.3. The number of hydrogen-bond donors (Lipinski definition) is 0. The Morgan fingerprint density at radius 1 is 1.54 bits per heavy atom. The summed E-state index contributed by atoms with van der Waals surface area (Å²) in [7, 11) is 0. The fraction of sp³-hybridized carbons (Fsp3) is 0.875. The second kappa shape index (κ2) is 2.68. The zero-order valence-corrected chi connectivity index (χ0v) is 8.33. The molecule has 1 amide bonds. The van der Waals surface area contributed by atoms with Crippen LogP contribution in [-0.2, 0) is 4.74 Å². The van der Waals surface area contributed by atoms with Crippen molar-refractivity contribution >= 4 is 6.09 Å². The Balaban J connectivity index is 2.88. The molecule has 0 bridgehead atoms. The first-order valence-electron chi connectivity index (χ1n) is 4.14. The van der Waals surface area contributed by atoms with Crippen LogP contribution in [0.1, 0.15) is 27.7 Å². The predicted octanol–water partition coefficient (Wildman–Crippen LogP) is 1.92. The van der Waals surface area contributed by atoms with Gasteiger partial charge in [-0.2, -0.15) is 5.01 Å². The van der Waals surface area contributed by atoms with Crippen molar-refractivity contribution in [3.63, 3.8) is 0 Å². The van der Waals surface area contributed by atoms with Gasteiger partial charge in [0.1, 0.15) is 5.60 Å². The Bertz CT molecular complexity index is 246. The second-order valence-corrected chi connectivity index (χ2v) is 4.49. The molecule has 1 aliphatic heterocycles. The SMILES string of the molecule is CC(C)(C)C1(C)CN(N=O)C(=O)O1. The van der Waals surface area contributed by atoms with E-state index in [0.29, 0.717) is 0 Å². The standard InChI is InChI=1S/C8H14N2O3/c1-7(2,3)8(4)5-10(9-12)6(11)13-8/h5H2,1-4H3. The molecule has 5 nitrogen and oxygen atoms in total. The molecule has 1 aliphatic rings. The predicted molar refractivity (Wildman–Crippen MR) is 46.8 cm³/mol. The molecule has 1 rings (SSSR count). The van der Waals surface area contributed by atoms with Crippen LogP contribution in [0.15, 0.2) is 5.29 Å². The Labute approximate surface area is 77.0 Å². The molecule has 0 aromatic heterocycles. The Morgan fingerprint density at radius 3 is 2.31 bits per heavy atom. The van der Waals surface area contributed by atoms with Crippen molar-refractivity contribution in [3.05, 3.63) is 4.91 Å². The number of ether oxygens (including phenoxy) is 1. The smallest absolute Gasteiger partial charge is 0.433 e. The van der Waals surface area contributed by atoms with E-state index in [9.17, 15) is 9.70 Å². The van der Waals surface area contributed by atoms with E-state index in [1.807, 2.05) is 20.8 Å². The third kappa shape index (κ3) is 1.50. The first-order valence-corrected chi connectivity index (χ1v) is 4.14. The molecule has 1 saturated heterocycles. The van der Waals surface area contributed by atoms with Crippen LogP contribution in [0.4, 0.5) is 4.79 Å². The summed E-state index contributed by atoms with van der Waals surface area (Å²) in [5, 5.41) is 3.40. The third-order valence-corrected chi connectivity index (χ3v) is 2.66. The molecule has 0 aliphatic carbocycles. The minimum Gasteiger partial charge on any atom is -0.439 e. The van der Waals surface area contributed by atoms with Gasteiger partial charge < -0.3 is 4.74 Å². The molecule has 0 radical (unpaired) electrons. The van der Waals surface area contributed by atoms with Crippen LogP contribution >= 0.6 is 0 Å². The summed E-state index contributed by atoms with van der Waals surface area (Å²) >= 11 is 0. The third-order valence-electron chi connectivity index (χ3n) is 2.66. The molecule has 0 saturated carbocycles. The van der Waals surface area contributed by atoms with Crippen molar-refractivity contribution in [2.45, 2.75) is 33.3 Å².